The molecule has 0 saturated heterocycles. The molecule has 0 spiro atoms. The van der Waals surface area contributed by atoms with Crippen LogP contribution in [0.15, 0.2) is 18.2 Å². The normalized spacial score (nSPS) is 15.2. The van der Waals surface area contributed by atoms with E-state index in [1.807, 2.05) is 6.07 Å². The molecule has 16 heavy (non-hydrogen) atoms. The summed E-state index contributed by atoms with van der Waals surface area (Å²) >= 11 is 11.8. The number of nitrogens with two attached hydrogens (primary N) is 1. The van der Waals surface area contributed by atoms with Crippen LogP contribution in [0.4, 0.5) is 0 Å². The second kappa shape index (κ2) is 5.87. The van der Waals surface area contributed by atoms with Crippen molar-refractivity contribution in [2.45, 2.75) is 26.0 Å². The molecule has 0 amide bonds. The van der Waals surface area contributed by atoms with E-state index in [2.05, 4.69) is 13.8 Å². The molecule has 2 nitrogen and oxygen atoms in total. The van der Waals surface area contributed by atoms with E-state index in [0.717, 1.165) is 5.56 Å². The van der Waals surface area contributed by atoms with E-state index in [9.17, 15) is 0 Å². The van der Waals surface area contributed by atoms with E-state index < -0.39 is 0 Å². The van der Waals surface area contributed by atoms with E-state index in [0.29, 0.717) is 16.0 Å². The van der Waals surface area contributed by atoms with Crippen molar-refractivity contribution in [2.24, 2.45) is 11.7 Å². The van der Waals surface area contributed by atoms with Gasteiger partial charge in [0.25, 0.3) is 0 Å². The van der Waals surface area contributed by atoms with Gasteiger partial charge in [-0.3, -0.25) is 0 Å². The van der Waals surface area contributed by atoms with Gasteiger partial charge in [-0.2, -0.15) is 0 Å². The zero-order chi connectivity index (χ0) is 12.3. The molecule has 2 atom stereocenters. The molecule has 0 fully saturated rings. The molecule has 1 rings (SSSR count). The van der Waals surface area contributed by atoms with Crippen LogP contribution in [0.2, 0.25) is 10.0 Å². The SMILES string of the molecule is COC(C(C)C)C(N)c1ccc(Cl)c(Cl)c1. The van der Waals surface area contributed by atoms with Gasteiger partial charge in [0, 0.05) is 7.11 Å². The summed E-state index contributed by atoms with van der Waals surface area (Å²) in [7, 11) is 1.67. The average molecular weight is 262 g/mol. The van der Waals surface area contributed by atoms with Gasteiger partial charge >= 0.3 is 0 Å². The molecule has 0 aliphatic rings. The molecule has 0 bridgehead atoms. The Morgan fingerprint density at radius 3 is 2.25 bits per heavy atom. The topological polar surface area (TPSA) is 35.2 Å². The molecule has 0 heterocycles. The lowest BCUT2D eigenvalue weighted by Crippen LogP contribution is -2.32. The molecule has 1 aromatic rings. The van der Waals surface area contributed by atoms with E-state index in [1.165, 1.54) is 0 Å². The smallest absolute Gasteiger partial charge is 0.0786 e. The fraction of sp³-hybridized carbons (Fsp3) is 0.500. The molecular formula is C12H17Cl2NO. The summed E-state index contributed by atoms with van der Waals surface area (Å²) < 4.78 is 5.40. The molecule has 1 aromatic carbocycles. The van der Waals surface area contributed by atoms with Crippen molar-refractivity contribution in [1.29, 1.82) is 0 Å². The second-order valence-electron chi connectivity index (χ2n) is 4.14. The van der Waals surface area contributed by atoms with E-state index >= 15 is 0 Å². The molecule has 0 radical (unpaired) electrons. The summed E-state index contributed by atoms with van der Waals surface area (Å²) in [6, 6.07) is 5.24. The summed E-state index contributed by atoms with van der Waals surface area (Å²) in [5.41, 5.74) is 7.08. The minimum Gasteiger partial charge on any atom is -0.379 e. The van der Waals surface area contributed by atoms with Crippen LogP contribution in [0.25, 0.3) is 0 Å². The van der Waals surface area contributed by atoms with Crippen LogP contribution in [0, 0.1) is 5.92 Å². The Bertz CT molecular complexity index is 355. The number of hydrogen-bond donors (Lipinski definition) is 1. The van der Waals surface area contributed by atoms with Gasteiger partial charge < -0.3 is 10.5 Å². The van der Waals surface area contributed by atoms with Crippen molar-refractivity contribution in [2.75, 3.05) is 7.11 Å². The van der Waals surface area contributed by atoms with Gasteiger partial charge in [-0.05, 0) is 23.6 Å². The predicted molar refractivity (Wildman–Crippen MR) is 69.0 cm³/mol. The minimum absolute atomic E-state index is 0.0303. The van der Waals surface area contributed by atoms with Gasteiger partial charge in [-0.25, -0.2) is 0 Å². The Hall–Kier alpha value is -0.280. The first-order chi connectivity index (χ1) is 7.47. The molecule has 2 unspecified atom stereocenters. The van der Waals surface area contributed by atoms with Gasteiger partial charge in [0.05, 0.1) is 22.2 Å². The fourth-order valence-corrected chi connectivity index (χ4v) is 2.05. The highest BCUT2D eigenvalue weighted by Gasteiger charge is 2.22. The molecule has 0 aromatic heterocycles. The third-order valence-electron chi connectivity index (χ3n) is 2.61. The Balaban J connectivity index is 2.94. The van der Waals surface area contributed by atoms with Gasteiger partial charge in [-0.1, -0.05) is 43.1 Å². The van der Waals surface area contributed by atoms with Crippen molar-refractivity contribution >= 4 is 23.2 Å². The molecule has 0 aliphatic heterocycles. The molecule has 0 aliphatic carbocycles. The quantitative estimate of drug-likeness (QED) is 0.898. The summed E-state index contributed by atoms with van der Waals surface area (Å²) in [6.45, 7) is 4.15. The lowest BCUT2D eigenvalue weighted by molar-refractivity contribution is 0.0437. The lowest BCUT2D eigenvalue weighted by atomic mass is 9.94. The molecular weight excluding hydrogens is 245 g/mol. The van der Waals surface area contributed by atoms with Crippen LogP contribution in [-0.2, 0) is 4.74 Å². The summed E-state index contributed by atoms with van der Waals surface area (Å²) in [5, 5.41) is 1.06. The van der Waals surface area contributed by atoms with Crippen molar-refractivity contribution < 1.29 is 4.74 Å². The third-order valence-corrected chi connectivity index (χ3v) is 3.35. The Labute approximate surface area is 107 Å². The van der Waals surface area contributed by atoms with Crippen LogP contribution in [0.5, 0.6) is 0 Å². The summed E-state index contributed by atoms with van der Waals surface area (Å²) in [4.78, 5) is 0. The van der Waals surface area contributed by atoms with Gasteiger partial charge in [-0.15, -0.1) is 0 Å². The molecule has 0 saturated carbocycles. The van der Waals surface area contributed by atoms with Crippen molar-refractivity contribution in [3.05, 3.63) is 33.8 Å². The lowest BCUT2D eigenvalue weighted by Gasteiger charge is -2.26. The van der Waals surface area contributed by atoms with E-state index in [-0.39, 0.29) is 12.1 Å². The monoisotopic (exact) mass is 261 g/mol. The first kappa shape index (κ1) is 13.8. The van der Waals surface area contributed by atoms with Gasteiger partial charge in [0.2, 0.25) is 0 Å². The highest BCUT2D eigenvalue weighted by atomic mass is 35.5. The second-order valence-corrected chi connectivity index (χ2v) is 4.96. The fourth-order valence-electron chi connectivity index (χ4n) is 1.74. The first-order valence-electron chi connectivity index (χ1n) is 5.20. The standard InChI is InChI=1S/C12H17Cl2NO/c1-7(2)12(16-3)11(15)8-4-5-9(13)10(14)6-8/h4-7,11-12H,15H2,1-3H3. The van der Waals surface area contributed by atoms with Crippen molar-refractivity contribution in [3.8, 4) is 0 Å². The van der Waals surface area contributed by atoms with Crippen LogP contribution in [0.3, 0.4) is 0 Å². The zero-order valence-electron chi connectivity index (χ0n) is 9.71. The van der Waals surface area contributed by atoms with Gasteiger partial charge in [0.15, 0.2) is 0 Å². The number of methoxy groups -OCH3 is 1. The molecule has 4 heteroatoms. The van der Waals surface area contributed by atoms with E-state index in [1.54, 1.807) is 19.2 Å². The number of halogens is 2. The maximum absolute atomic E-state index is 6.14. The maximum atomic E-state index is 6.14. The van der Waals surface area contributed by atoms with Crippen LogP contribution < -0.4 is 5.73 Å². The largest absolute Gasteiger partial charge is 0.379 e. The number of hydrogen-bond acceptors (Lipinski definition) is 2. The van der Waals surface area contributed by atoms with Crippen LogP contribution >= 0.6 is 23.2 Å². The van der Waals surface area contributed by atoms with Gasteiger partial charge in [0.1, 0.15) is 0 Å². The Morgan fingerprint density at radius 2 is 1.81 bits per heavy atom. The van der Waals surface area contributed by atoms with Crippen molar-refractivity contribution in [3.63, 3.8) is 0 Å². The molecule has 2 N–H and O–H groups in total. The average Bonchev–Trinajstić information content (AvgIpc) is 2.22. The first-order valence-corrected chi connectivity index (χ1v) is 5.96. The van der Waals surface area contributed by atoms with E-state index in [4.69, 9.17) is 33.7 Å². The highest BCUT2D eigenvalue weighted by Crippen LogP contribution is 2.28. The summed E-state index contributed by atoms with van der Waals surface area (Å²) in [6.07, 6.45) is -0.0303. The van der Waals surface area contributed by atoms with Crippen molar-refractivity contribution in [1.82, 2.24) is 0 Å². The zero-order valence-corrected chi connectivity index (χ0v) is 11.2. The third kappa shape index (κ3) is 3.11. The number of rotatable bonds is 4. The molecule has 90 valence electrons. The number of benzene rings is 1. The van der Waals surface area contributed by atoms with Crippen LogP contribution in [-0.4, -0.2) is 13.2 Å². The maximum Gasteiger partial charge on any atom is 0.0786 e. The minimum atomic E-state index is -0.195. The Morgan fingerprint density at radius 1 is 1.19 bits per heavy atom. The predicted octanol–water partition coefficient (Wildman–Crippen LogP) is 3.66. The van der Waals surface area contributed by atoms with Crippen LogP contribution in [0.1, 0.15) is 25.5 Å². The number of ether oxygens (including phenoxy) is 1. The summed E-state index contributed by atoms with van der Waals surface area (Å²) in [5.74, 6) is 0.342. The highest BCUT2D eigenvalue weighted by molar-refractivity contribution is 6.42. The Kier molecular flexibility index (Phi) is 5.06.